The molecule has 0 bridgehead atoms. The predicted octanol–water partition coefficient (Wildman–Crippen LogP) is 2.99. The van der Waals surface area contributed by atoms with Crippen LogP contribution in [0.2, 0.25) is 0 Å². The molecule has 0 amide bonds. The molecule has 5 rings (SSSR count). The number of rotatable bonds is 4. The van der Waals surface area contributed by atoms with Crippen molar-refractivity contribution in [3.63, 3.8) is 0 Å². The molecular formula is C22H23N5O2S. The fourth-order valence-electron chi connectivity index (χ4n) is 4.07. The van der Waals surface area contributed by atoms with Crippen molar-refractivity contribution >= 4 is 26.7 Å². The highest BCUT2D eigenvalue weighted by molar-refractivity contribution is 7.90. The van der Waals surface area contributed by atoms with Crippen molar-refractivity contribution in [1.29, 1.82) is 0 Å². The van der Waals surface area contributed by atoms with Crippen LogP contribution in [0.5, 0.6) is 0 Å². The van der Waals surface area contributed by atoms with Gasteiger partial charge in [0.15, 0.2) is 0 Å². The average molecular weight is 422 g/mol. The van der Waals surface area contributed by atoms with Gasteiger partial charge in [-0.3, -0.25) is 4.98 Å². The first-order valence-electron chi connectivity index (χ1n) is 10.0. The lowest BCUT2D eigenvalue weighted by molar-refractivity contribution is 0.502. The molecule has 1 aliphatic rings. The third-order valence-corrected chi connectivity index (χ3v) is 7.39. The van der Waals surface area contributed by atoms with E-state index in [1.54, 1.807) is 36.7 Å². The monoisotopic (exact) mass is 421 g/mol. The van der Waals surface area contributed by atoms with Crippen LogP contribution in [0.3, 0.4) is 0 Å². The smallest absolute Gasteiger partial charge is 0.270 e. The SMILES string of the molecule is NC1CCN(c2cn(S(=O)(=O)c3ccccc3-n3cccc3)c3cccnc23)CC1. The molecule has 1 aromatic carbocycles. The summed E-state index contributed by atoms with van der Waals surface area (Å²) in [5, 5.41) is 0. The number of fused-ring (bicyclic) bond motifs is 1. The Morgan fingerprint density at radius 3 is 2.43 bits per heavy atom. The topological polar surface area (TPSA) is 86.1 Å². The molecule has 1 fully saturated rings. The molecule has 2 N–H and O–H groups in total. The van der Waals surface area contributed by atoms with E-state index in [4.69, 9.17) is 5.73 Å². The second kappa shape index (κ2) is 7.30. The molecule has 3 aromatic heterocycles. The minimum atomic E-state index is -3.85. The maximum atomic E-state index is 13.8. The summed E-state index contributed by atoms with van der Waals surface area (Å²) in [4.78, 5) is 6.94. The average Bonchev–Trinajstić information content (AvgIpc) is 3.43. The number of para-hydroxylation sites is 1. The van der Waals surface area contributed by atoms with Gasteiger partial charge in [-0.1, -0.05) is 12.1 Å². The molecule has 154 valence electrons. The molecule has 0 radical (unpaired) electrons. The second-order valence-electron chi connectivity index (χ2n) is 7.57. The van der Waals surface area contributed by atoms with Gasteiger partial charge in [0.05, 0.1) is 16.9 Å². The quantitative estimate of drug-likeness (QED) is 0.547. The number of aromatic nitrogens is 3. The predicted molar refractivity (Wildman–Crippen MR) is 118 cm³/mol. The Hall–Kier alpha value is -3.10. The molecule has 1 aliphatic heterocycles. The highest BCUT2D eigenvalue weighted by atomic mass is 32.2. The third kappa shape index (κ3) is 3.09. The minimum absolute atomic E-state index is 0.194. The van der Waals surface area contributed by atoms with Gasteiger partial charge >= 0.3 is 0 Å². The van der Waals surface area contributed by atoms with Crippen LogP contribution in [-0.2, 0) is 10.0 Å². The molecule has 30 heavy (non-hydrogen) atoms. The van der Waals surface area contributed by atoms with E-state index in [1.807, 2.05) is 41.2 Å². The van der Waals surface area contributed by atoms with Gasteiger partial charge in [0, 0.05) is 43.9 Å². The highest BCUT2D eigenvalue weighted by Crippen LogP contribution is 2.33. The van der Waals surface area contributed by atoms with Gasteiger partial charge in [-0.15, -0.1) is 0 Å². The normalized spacial score (nSPS) is 15.7. The van der Waals surface area contributed by atoms with Gasteiger partial charge in [-0.25, -0.2) is 12.4 Å². The van der Waals surface area contributed by atoms with Crippen molar-refractivity contribution in [3.05, 3.63) is 73.3 Å². The fraction of sp³-hybridized carbons (Fsp3) is 0.227. The van der Waals surface area contributed by atoms with E-state index >= 15 is 0 Å². The Morgan fingerprint density at radius 2 is 1.67 bits per heavy atom. The Balaban J connectivity index is 1.67. The van der Waals surface area contributed by atoms with Crippen molar-refractivity contribution in [2.75, 3.05) is 18.0 Å². The lowest BCUT2D eigenvalue weighted by Gasteiger charge is -2.31. The molecule has 0 spiro atoms. The second-order valence-corrected chi connectivity index (χ2v) is 9.35. The van der Waals surface area contributed by atoms with Crippen LogP contribution in [0, 0.1) is 0 Å². The van der Waals surface area contributed by atoms with Crippen LogP contribution in [0.25, 0.3) is 16.7 Å². The van der Waals surface area contributed by atoms with E-state index < -0.39 is 10.0 Å². The molecular weight excluding hydrogens is 398 g/mol. The summed E-state index contributed by atoms with van der Waals surface area (Å²) in [6.45, 7) is 1.58. The number of hydrogen-bond donors (Lipinski definition) is 1. The Kier molecular flexibility index (Phi) is 4.60. The number of nitrogens with two attached hydrogens (primary N) is 1. The van der Waals surface area contributed by atoms with Gasteiger partial charge < -0.3 is 15.2 Å². The van der Waals surface area contributed by atoms with Gasteiger partial charge in [-0.05, 0) is 49.2 Å². The van der Waals surface area contributed by atoms with Crippen molar-refractivity contribution in [1.82, 2.24) is 13.5 Å². The van der Waals surface area contributed by atoms with Crippen LogP contribution in [0.4, 0.5) is 5.69 Å². The van der Waals surface area contributed by atoms with Gasteiger partial charge in [0.1, 0.15) is 10.4 Å². The fourth-order valence-corrected chi connectivity index (χ4v) is 5.62. The summed E-state index contributed by atoms with van der Waals surface area (Å²) in [6.07, 6.45) is 8.84. The van der Waals surface area contributed by atoms with Crippen LogP contribution < -0.4 is 10.6 Å². The zero-order valence-corrected chi connectivity index (χ0v) is 17.2. The zero-order valence-electron chi connectivity index (χ0n) is 16.4. The summed E-state index contributed by atoms with van der Waals surface area (Å²) < 4.78 is 30.8. The lowest BCUT2D eigenvalue weighted by Crippen LogP contribution is -2.39. The maximum absolute atomic E-state index is 13.8. The number of benzene rings is 1. The number of anilines is 1. The number of nitrogens with zero attached hydrogens (tertiary/aromatic N) is 4. The molecule has 7 nitrogen and oxygen atoms in total. The van der Waals surface area contributed by atoms with Gasteiger partial charge in [0.25, 0.3) is 10.0 Å². The summed E-state index contributed by atoms with van der Waals surface area (Å²) in [5.41, 5.74) is 8.76. The Labute approximate surface area is 175 Å². The molecule has 1 saturated heterocycles. The lowest BCUT2D eigenvalue weighted by atomic mass is 10.1. The Morgan fingerprint density at radius 1 is 0.933 bits per heavy atom. The van der Waals surface area contributed by atoms with Crippen LogP contribution in [-0.4, -0.2) is 41.1 Å². The summed E-state index contributed by atoms with van der Waals surface area (Å²) in [7, 11) is -3.85. The zero-order chi connectivity index (χ0) is 20.7. The molecule has 4 aromatic rings. The number of piperidine rings is 1. The molecule has 4 heterocycles. The van der Waals surface area contributed by atoms with Gasteiger partial charge in [0.2, 0.25) is 0 Å². The highest BCUT2D eigenvalue weighted by Gasteiger charge is 2.27. The summed E-state index contributed by atoms with van der Waals surface area (Å²) >= 11 is 0. The van der Waals surface area contributed by atoms with E-state index in [9.17, 15) is 8.42 Å². The van der Waals surface area contributed by atoms with Crippen LogP contribution in [0.15, 0.2) is 78.2 Å². The van der Waals surface area contributed by atoms with E-state index in [2.05, 4.69) is 9.88 Å². The summed E-state index contributed by atoms with van der Waals surface area (Å²) in [5.74, 6) is 0. The minimum Gasteiger partial charge on any atom is -0.368 e. The first-order chi connectivity index (χ1) is 14.6. The molecule has 0 aliphatic carbocycles. The summed E-state index contributed by atoms with van der Waals surface area (Å²) in [6, 6.07) is 14.5. The number of hydrogen-bond acceptors (Lipinski definition) is 5. The van der Waals surface area contributed by atoms with Crippen LogP contribution in [0.1, 0.15) is 12.8 Å². The van der Waals surface area contributed by atoms with Crippen molar-refractivity contribution in [2.24, 2.45) is 5.73 Å². The van der Waals surface area contributed by atoms with Crippen molar-refractivity contribution < 1.29 is 8.42 Å². The molecule has 0 unspecified atom stereocenters. The van der Waals surface area contributed by atoms with Crippen LogP contribution >= 0.6 is 0 Å². The maximum Gasteiger partial charge on any atom is 0.270 e. The largest absolute Gasteiger partial charge is 0.368 e. The van der Waals surface area contributed by atoms with Crippen molar-refractivity contribution in [3.8, 4) is 5.69 Å². The van der Waals surface area contributed by atoms with E-state index in [-0.39, 0.29) is 10.9 Å². The van der Waals surface area contributed by atoms with E-state index in [0.29, 0.717) is 16.7 Å². The first kappa shape index (κ1) is 18.9. The van der Waals surface area contributed by atoms with Crippen molar-refractivity contribution in [2.45, 2.75) is 23.8 Å². The molecule has 8 heteroatoms. The Bertz CT molecular complexity index is 1290. The first-order valence-corrected chi connectivity index (χ1v) is 11.4. The van der Waals surface area contributed by atoms with E-state index in [0.717, 1.165) is 31.6 Å². The standard InChI is InChI=1S/C22H23N5O2S/c23-17-9-14-26(15-10-17)20-16-27(19-7-5-11-24-22(19)20)30(28,29)21-8-2-1-6-18(21)25-12-3-4-13-25/h1-8,11-13,16-17H,9-10,14-15,23H2. The molecule has 0 atom stereocenters. The molecule has 0 saturated carbocycles. The van der Waals surface area contributed by atoms with E-state index in [1.165, 1.54) is 3.97 Å². The van der Waals surface area contributed by atoms with Gasteiger partial charge in [-0.2, -0.15) is 0 Å². The third-order valence-electron chi connectivity index (χ3n) is 5.67. The number of pyridine rings is 1.